The molecule has 38 heteroatoms. The fourth-order valence-corrected chi connectivity index (χ4v) is 10.9. The molecule has 7 heterocycles. The fraction of sp³-hybridized carbons (Fsp3) is 0.936. The van der Waals surface area contributed by atoms with Crippen LogP contribution in [0.15, 0.2) is 0 Å². The molecule has 1 unspecified atom stereocenters. The highest BCUT2D eigenvalue weighted by molar-refractivity contribution is 5.74. The summed E-state index contributed by atoms with van der Waals surface area (Å²) in [6.07, 6.45) is -60.6. The first kappa shape index (κ1) is 69.6. The Hall–Kier alpha value is -2.87. The van der Waals surface area contributed by atoms with Crippen molar-refractivity contribution in [2.45, 2.75) is 229 Å². The molecule has 3 amide bonds. The number of hydrogen-bond acceptors (Lipinski definition) is 35. The first-order valence-corrected chi connectivity index (χ1v) is 27.0. The molecular formula is C47H79N3O35. The van der Waals surface area contributed by atoms with Crippen molar-refractivity contribution in [1.29, 1.82) is 0 Å². The normalized spacial score (nSPS) is 48.8. The van der Waals surface area contributed by atoms with Gasteiger partial charge in [-0.2, -0.15) is 0 Å². The van der Waals surface area contributed by atoms with Crippen molar-refractivity contribution in [3.05, 3.63) is 0 Å². The zero-order valence-corrected chi connectivity index (χ0v) is 45.6. The maximum atomic E-state index is 12.8. The number of aliphatic hydroxyl groups excluding tert-OH is 19. The molecule has 0 aromatic rings. The molecule has 0 aromatic heterocycles. The van der Waals surface area contributed by atoms with E-state index in [1.165, 1.54) is 0 Å². The van der Waals surface area contributed by atoms with Crippen LogP contribution in [0.1, 0.15) is 20.8 Å². The highest BCUT2D eigenvalue weighted by Gasteiger charge is 2.59. The maximum Gasteiger partial charge on any atom is 0.217 e. The molecule has 38 nitrogen and oxygen atoms in total. The predicted octanol–water partition coefficient (Wildman–Crippen LogP) is -15.2. The van der Waals surface area contributed by atoms with Crippen LogP contribution in [-0.4, -0.2) is 370 Å². The summed E-state index contributed by atoms with van der Waals surface area (Å²) in [4.78, 5) is 36.9. The molecule has 7 aliphatic heterocycles. The summed E-state index contributed by atoms with van der Waals surface area (Å²) in [5, 5.41) is 214. The van der Waals surface area contributed by atoms with Gasteiger partial charge in [-0.25, -0.2) is 0 Å². The van der Waals surface area contributed by atoms with Crippen LogP contribution in [0.5, 0.6) is 0 Å². The molecule has 0 spiro atoms. The number of aliphatic hydroxyl groups is 19. The maximum absolute atomic E-state index is 12.8. The van der Waals surface area contributed by atoms with Crippen LogP contribution >= 0.6 is 0 Å². The third-order valence-corrected chi connectivity index (χ3v) is 15.4. The second-order valence-electron chi connectivity index (χ2n) is 21.3. The minimum atomic E-state index is -2.29. The minimum absolute atomic E-state index is 0.746. The Bertz CT molecular complexity index is 2130. The summed E-state index contributed by atoms with van der Waals surface area (Å²) in [7, 11) is 0. The van der Waals surface area contributed by atoms with Gasteiger partial charge in [0.1, 0.15) is 165 Å². The SMILES string of the molecule is CC(=O)N[C@H]1[C@H](O[C@H]2[C@H](O)[C@@H](NC(C)=O)C(O)O[C@@H]2CO)O[C@H](CO)[C@@H](O[C@@H]2O[C@H](CO[C@H]3O[C@H](CO)[C@@H](O[C@@H]4O[C@H](CO)[C@@H](O)[C@H](O)[C@H]4NC(C)=O)[C@H](O)[C@@H]3O)[C@@H](O)[C@H](O[C@H]3O[C@H](CO)[C@@H](O)[C@H](O)[C@@H]3O)[C@@H]2O[C@@H]2O[C@H](CO)[C@H](O)[C@H]2O)[C@@H]1O. The van der Waals surface area contributed by atoms with Crippen LogP contribution in [0, 0.1) is 0 Å². The van der Waals surface area contributed by atoms with Crippen LogP contribution in [-0.2, 0) is 76.0 Å². The summed E-state index contributed by atoms with van der Waals surface area (Å²) in [6.45, 7) is -3.87. The highest BCUT2D eigenvalue weighted by atomic mass is 16.8. The Labute approximate surface area is 481 Å². The van der Waals surface area contributed by atoms with Gasteiger partial charge in [0.2, 0.25) is 17.7 Å². The largest absolute Gasteiger partial charge is 0.394 e. The average Bonchev–Trinajstić information content (AvgIpc) is 2.25. The van der Waals surface area contributed by atoms with Gasteiger partial charge in [-0.1, -0.05) is 0 Å². The lowest BCUT2D eigenvalue weighted by atomic mass is 9.93. The second kappa shape index (κ2) is 30.3. The van der Waals surface area contributed by atoms with Gasteiger partial charge in [0.25, 0.3) is 0 Å². The van der Waals surface area contributed by atoms with Gasteiger partial charge < -0.3 is 175 Å². The van der Waals surface area contributed by atoms with Gasteiger partial charge in [0, 0.05) is 20.8 Å². The van der Waals surface area contributed by atoms with Gasteiger partial charge in [-0.3, -0.25) is 14.4 Å². The summed E-state index contributed by atoms with van der Waals surface area (Å²) >= 11 is 0. The topological polar surface area (TPSA) is 592 Å². The standard InChI is InChI=1S/C47H79N3O35/c1-11(57)48-21-29(65)36(17(7-54)74-41(21)72)81-43-23(50-13(3)59)30(66)37(18(8-55)78-43)83-47-40(85-45-33(69)26(62)16(6-53)77-45)39(84-46-34(70)31(67)25(61)15(5-52)76-46)27(63)20(80-47)10-73-44-35(71)32(68)38(19(9-56)79-44)82-42-22(49-12(2)58)28(64)24(60)14(4-51)75-42/h14-47,51-56,60-72H,4-10H2,1-3H3,(H,48,57)(H,49,58)(H,50,59)/t14-,15-,16-,17-,18-,19-,20-,21-,22-,23-,24-,25-,26+,27-,28-,29-,30-,31+,32-,33-,34+,35+,36-,37-,38-,39+,40+,41?,42+,43+,44+,45+,46-,47+/m1/s1. The van der Waals surface area contributed by atoms with E-state index in [0.29, 0.717) is 0 Å². The van der Waals surface area contributed by atoms with Crippen molar-refractivity contribution in [2.75, 3.05) is 46.2 Å². The van der Waals surface area contributed by atoms with E-state index in [1.807, 2.05) is 0 Å². The molecule has 85 heavy (non-hydrogen) atoms. The van der Waals surface area contributed by atoms with E-state index < -0.39 is 273 Å². The van der Waals surface area contributed by atoms with Crippen molar-refractivity contribution < 1.29 is 173 Å². The van der Waals surface area contributed by atoms with E-state index in [9.17, 15) is 111 Å². The number of amides is 3. The summed E-state index contributed by atoms with van der Waals surface area (Å²) in [6, 6.07) is -5.00. The Morgan fingerprint density at radius 1 is 0.306 bits per heavy atom. The van der Waals surface area contributed by atoms with Gasteiger partial charge in [0.05, 0.1) is 46.2 Å². The predicted molar refractivity (Wildman–Crippen MR) is 261 cm³/mol. The molecule has 492 valence electrons. The monoisotopic (exact) mass is 1250 g/mol. The summed E-state index contributed by atoms with van der Waals surface area (Å²) in [5.41, 5.74) is 0. The number of carbonyl (C=O) groups is 3. The number of ether oxygens (including phenoxy) is 13. The fourth-order valence-electron chi connectivity index (χ4n) is 10.9. The quantitative estimate of drug-likeness (QED) is 0.0479. The number of carbonyl (C=O) groups excluding carboxylic acids is 3. The first-order valence-electron chi connectivity index (χ1n) is 27.0. The molecule has 7 aliphatic rings. The van der Waals surface area contributed by atoms with Crippen LogP contribution in [0.2, 0.25) is 0 Å². The Morgan fingerprint density at radius 2 is 0.635 bits per heavy atom. The molecule has 22 N–H and O–H groups in total. The molecule has 0 radical (unpaired) electrons. The van der Waals surface area contributed by atoms with Crippen molar-refractivity contribution in [3.8, 4) is 0 Å². The van der Waals surface area contributed by atoms with Crippen molar-refractivity contribution in [3.63, 3.8) is 0 Å². The Balaban J connectivity index is 1.22. The lowest BCUT2D eigenvalue weighted by Crippen LogP contribution is -2.70. The molecule has 7 fully saturated rings. The number of nitrogens with one attached hydrogen (secondary N) is 3. The number of rotatable bonds is 22. The van der Waals surface area contributed by atoms with Crippen molar-refractivity contribution in [2.24, 2.45) is 0 Å². The van der Waals surface area contributed by atoms with Gasteiger partial charge in [-0.05, 0) is 0 Å². The van der Waals surface area contributed by atoms with E-state index >= 15 is 0 Å². The Morgan fingerprint density at radius 3 is 1.13 bits per heavy atom. The van der Waals surface area contributed by atoms with E-state index in [1.54, 1.807) is 0 Å². The molecular weight excluding hydrogens is 1170 g/mol. The molecule has 0 aromatic carbocycles. The molecule has 34 atom stereocenters. The molecule has 7 rings (SSSR count). The highest BCUT2D eigenvalue weighted by Crippen LogP contribution is 2.39. The second-order valence-corrected chi connectivity index (χ2v) is 21.3. The molecule has 7 saturated heterocycles. The Kier molecular flexibility index (Phi) is 24.8. The lowest BCUT2D eigenvalue weighted by Gasteiger charge is -2.51. The zero-order valence-electron chi connectivity index (χ0n) is 45.6. The third-order valence-electron chi connectivity index (χ3n) is 15.4. The van der Waals surface area contributed by atoms with Gasteiger partial charge in [-0.15, -0.1) is 0 Å². The van der Waals surface area contributed by atoms with E-state index in [0.717, 1.165) is 20.8 Å². The van der Waals surface area contributed by atoms with E-state index in [-0.39, 0.29) is 0 Å². The van der Waals surface area contributed by atoms with Crippen molar-refractivity contribution in [1.82, 2.24) is 16.0 Å². The zero-order chi connectivity index (χ0) is 62.6. The van der Waals surface area contributed by atoms with Gasteiger partial charge in [0.15, 0.2) is 44.0 Å². The van der Waals surface area contributed by atoms with Crippen LogP contribution < -0.4 is 16.0 Å². The summed E-state index contributed by atoms with van der Waals surface area (Å²) < 4.78 is 76.2. The number of hydrogen-bond donors (Lipinski definition) is 22. The van der Waals surface area contributed by atoms with Gasteiger partial charge >= 0.3 is 0 Å². The summed E-state index contributed by atoms with van der Waals surface area (Å²) in [5.74, 6) is -2.38. The molecule has 0 saturated carbocycles. The first-order chi connectivity index (χ1) is 40.2. The van der Waals surface area contributed by atoms with Crippen LogP contribution in [0.25, 0.3) is 0 Å². The van der Waals surface area contributed by atoms with Crippen molar-refractivity contribution >= 4 is 17.7 Å². The van der Waals surface area contributed by atoms with Crippen LogP contribution in [0.4, 0.5) is 0 Å². The molecule has 0 bridgehead atoms. The smallest absolute Gasteiger partial charge is 0.217 e. The minimum Gasteiger partial charge on any atom is -0.394 e. The molecule has 0 aliphatic carbocycles. The lowest BCUT2D eigenvalue weighted by molar-refractivity contribution is -0.398. The van der Waals surface area contributed by atoms with E-state index in [4.69, 9.17) is 61.6 Å². The average molecular weight is 1250 g/mol. The van der Waals surface area contributed by atoms with E-state index in [2.05, 4.69) is 16.0 Å². The van der Waals surface area contributed by atoms with Crippen LogP contribution in [0.3, 0.4) is 0 Å². The third kappa shape index (κ3) is 15.3.